The van der Waals surface area contributed by atoms with E-state index in [0.29, 0.717) is 6.29 Å². The molecular weight excluding hydrogens is 194 g/mol. The third-order valence-corrected chi connectivity index (χ3v) is 1.83. The van der Waals surface area contributed by atoms with E-state index in [2.05, 4.69) is 9.72 Å². The zero-order valence-electron chi connectivity index (χ0n) is 6.78. The SMILES string of the molecule is COC(=O)c1ccnc(C=O)c1Cl. The van der Waals surface area contributed by atoms with Crippen molar-refractivity contribution in [2.24, 2.45) is 0 Å². The molecule has 68 valence electrons. The average Bonchev–Trinajstić information content (AvgIpc) is 2.17. The number of aromatic nitrogens is 1. The fourth-order valence-corrected chi connectivity index (χ4v) is 1.04. The Hall–Kier alpha value is -1.42. The molecule has 1 aromatic rings. The van der Waals surface area contributed by atoms with Gasteiger partial charge in [0.25, 0.3) is 0 Å². The summed E-state index contributed by atoms with van der Waals surface area (Å²) in [4.78, 5) is 25.1. The average molecular weight is 200 g/mol. The Bertz CT molecular complexity index is 351. The molecule has 0 aliphatic rings. The summed E-state index contributed by atoms with van der Waals surface area (Å²) in [6, 6.07) is 1.39. The van der Waals surface area contributed by atoms with Crippen molar-refractivity contribution in [1.82, 2.24) is 4.98 Å². The largest absolute Gasteiger partial charge is 0.465 e. The predicted octanol–water partition coefficient (Wildman–Crippen LogP) is 1.33. The summed E-state index contributed by atoms with van der Waals surface area (Å²) in [5.41, 5.74) is 0.172. The normalized spacial score (nSPS) is 9.38. The molecule has 1 heterocycles. The lowest BCUT2D eigenvalue weighted by Crippen LogP contribution is -2.04. The van der Waals surface area contributed by atoms with Crippen molar-refractivity contribution in [3.8, 4) is 0 Å². The quantitative estimate of drug-likeness (QED) is 0.533. The van der Waals surface area contributed by atoms with Gasteiger partial charge in [-0.25, -0.2) is 4.79 Å². The Balaban J connectivity index is 3.23. The number of esters is 1. The van der Waals surface area contributed by atoms with Gasteiger partial charge in [0.15, 0.2) is 6.29 Å². The van der Waals surface area contributed by atoms with Gasteiger partial charge in [0, 0.05) is 6.20 Å². The van der Waals surface area contributed by atoms with Crippen molar-refractivity contribution < 1.29 is 14.3 Å². The molecule has 0 saturated heterocycles. The molecule has 0 bridgehead atoms. The summed E-state index contributed by atoms with van der Waals surface area (Å²) in [5.74, 6) is -0.587. The highest BCUT2D eigenvalue weighted by molar-refractivity contribution is 6.35. The first-order chi connectivity index (χ1) is 6.20. The van der Waals surface area contributed by atoms with Crippen LogP contribution < -0.4 is 0 Å². The van der Waals surface area contributed by atoms with Crippen LogP contribution in [0.3, 0.4) is 0 Å². The van der Waals surface area contributed by atoms with E-state index in [4.69, 9.17) is 11.6 Å². The van der Waals surface area contributed by atoms with Gasteiger partial charge in [0.2, 0.25) is 0 Å². The van der Waals surface area contributed by atoms with Crippen LogP contribution in [0.15, 0.2) is 12.3 Å². The highest BCUT2D eigenvalue weighted by Gasteiger charge is 2.13. The van der Waals surface area contributed by atoms with E-state index in [9.17, 15) is 9.59 Å². The predicted molar refractivity (Wildman–Crippen MR) is 46.0 cm³/mol. The molecular formula is C8H6ClNO3. The van der Waals surface area contributed by atoms with E-state index < -0.39 is 5.97 Å². The Morgan fingerprint density at radius 3 is 2.92 bits per heavy atom. The van der Waals surface area contributed by atoms with Gasteiger partial charge in [-0.2, -0.15) is 0 Å². The molecule has 0 aliphatic heterocycles. The maximum absolute atomic E-state index is 11.1. The second-order valence-corrected chi connectivity index (χ2v) is 2.55. The number of rotatable bonds is 2. The third-order valence-electron chi connectivity index (χ3n) is 1.43. The van der Waals surface area contributed by atoms with Crippen LogP contribution >= 0.6 is 11.6 Å². The minimum absolute atomic E-state index is 0.0179. The summed E-state index contributed by atoms with van der Waals surface area (Å²) in [6.45, 7) is 0. The van der Waals surface area contributed by atoms with Gasteiger partial charge in [0.05, 0.1) is 17.7 Å². The number of carbonyl (C=O) groups excluding carboxylic acids is 2. The first kappa shape index (κ1) is 9.67. The first-order valence-electron chi connectivity index (χ1n) is 3.38. The fourth-order valence-electron chi connectivity index (χ4n) is 0.810. The maximum Gasteiger partial charge on any atom is 0.339 e. The molecule has 4 nitrogen and oxygen atoms in total. The number of carbonyl (C=O) groups is 2. The first-order valence-corrected chi connectivity index (χ1v) is 3.76. The van der Waals surface area contributed by atoms with E-state index >= 15 is 0 Å². The minimum atomic E-state index is -0.587. The van der Waals surface area contributed by atoms with Crippen LogP contribution in [-0.2, 0) is 4.74 Å². The Labute approximate surface area is 79.5 Å². The number of hydrogen-bond donors (Lipinski definition) is 0. The van der Waals surface area contributed by atoms with Crippen molar-refractivity contribution >= 4 is 23.9 Å². The molecule has 1 rings (SSSR count). The summed E-state index contributed by atoms with van der Waals surface area (Å²) >= 11 is 5.69. The van der Waals surface area contributed by atoms with Gasteiger partial charge in [-0.05, 0) is 6.07 Å². The lowest BCUT2D eigenvalue weighted by atomic mass is 10.2. The lowest BCUT2D eigenvalue weighted by Gasteiger charge is -2.01. The molecule has 0 saturated carbocycles. The van der Waals surface area contributed by atoms with Crippen LogP contribution in [0.1, 0.15) is 20.8 Å². The molecule has 0 spiro atoms. The highest BCUT2D eigenvalue weighted by atomic mass is 35.5. The molecule has 1 aromatic heterocycles. The van der Waals surface area contributed by atoms with Gasteiger partial charge >= 0.3 is 5.97 Å². The maximum atomic E-state index is 11.1. The van der Waals surface area contributed by atoms with Gasteiger partial charge in [0.1, 0.15) is 5.69 Å². The number of hydrogen-bond acceptors (Lipinski definition) is 4. The van der Waals surface area contributed by atoms with Gasteiger partial charge < -0.3 is 4.74 Å². The van der Waals surface area contributed by atoms with Crippen LogP contribution in [0.5, 0.6) is 0 Å². The van der Waals surface area contributed by atoms with E-state index in [1.54, 1.807) is 0 Å². The fraction of sp³-hybridized carbons (Fsp3) is 0.125. The number of nitrogens with zero attached hydrogens (tertiary/aromatic N) is 1. The van der Waals surface area contributed by atoms with Gasteiger partial charge in [-0.3, -0.25) is 9.78 Å². The molecule has 0 N–H and O–H groups in total. The number of pyridine rings is 1. The molecule has 0 amide bonds. The molecule has 13 heavy (non-hydrogen) atoms. The van der Waals surface area contributed by atoms with E-state index in [0.717, 1.165) is 0 Å². The third kappa shape index (κ3) is 1.84. The van der Waals surface area contributed by atoms with Crippen molar-refractivity contribution in [2.45, 2.75) is 0 Å². The van der Waals surface area contributed by atoms with Gasteiger partial charge in [-0.1, -0.05) is 11.6 Å². The summed E-state index contributed by atoms with van der Waals surface area (Å²) < 4.78 is 4.45. The lowest BCUT2D eigenvalue weighted by molar-refractivity contribution is 0.0601. The molecule has 0 fully saturated rings. The molecule has 5 heteroatoms. The van der Waals surface area contributed by atoms with E-state index in [1.165, 1.54) is 19.4 Å². The van der Waals surface area contributed by atoms with E-state index in [-0.39, 0.29) is 16.3 Å². The second kappa shape index (κ2) is 4.00. The van der Waals surface area contributed by atoms with Crippen molar-refractivity contribution in [1.29, 1.82) is 0 Å². The summed E-state index contributed by atoms with van der Waals surface area (Å²) in [7, 11) is 1.24. The number of halogens is 1. The van der Waals surface area contributed by atoms with Crippen LogP contribution in [0, 0.1) is 0 Å². The zero-order chi connectivity index (χ0) is 9.84. The number of methoxy groups -OCH3 is 1. The second-order valence-electron chi connectivity index (χ2n) is 2.17. The van der Waals surface area contributed by atoms with Crippen molar-refractivity contribution in [3.05, 3.63) is 28.5 Å². The Morgan fingerprint density at radius 1 is 1.69 bits per heavy atom. The topological polar surface area (TPSA) is 56.3 Å². The summed E-state index contributed by atoms with van der Waals surface area (Å²) in [6.07, 6.45) is 1.80. The number of ether oxygens (including phenoxy) is 1. The summed E-state index contributed by atoms with van der Waals surface area (Å²) in [5, 5.41) is 0.0179. The van der Waals surface area contributed by atoms with Gasteiger partial charge in [-0.15, -0.1) is 0 Å². The molecule has 0 unspecified atom stereocenters. The highest BCUT2D eigenvalue weighted by Crippen LogP contribution is 2.18. The van der Waals surface area contributed by atoms with Crippen LogP contribution in [-0.4, -0.2) is 24.3 Å². The van der Waals surface area contributed by atoms with Crippen LogP contribution in [0.2, 0.25) is 5.02 Å². The minimum Gasteiger partial charge on any atom is -0.465 e. The van der Waals surface area contributed by atoms with Crippen LogP contribution in [0.25, 0.3) is 0 Å². The van der Waals surface area contributed by atoms with Crippen molar-refractivity contribution in [2.75, 3.05) is 7.11 Å². The zero-order valence-corrected chi connectivity index (χ0v) is 7.54. The number of aldehydes is 1. The van der Waals surface area contributed by atoms with Crippen molar-refractivity contribution in [3.63, 3.8) is 0 Å². The molecule has 0 radical (unpaired) electrons. The standard InChI is InChI=1S/C8H6ClNO3/c1-13-8(12)5-2-3-10-6(4-11)7(5)9/h2-4H,1H3. The Morgan fingerprint density at radius 2 is 2.38 bits per heavy atom. The Kier molecular flexibility index (Phi) is 2.97. The monoisotopic (exact) mass is 199 g/mol. The smallest absolute Gasteiger partial charge is 0.339 e. The van der Waals surface area contributed by atoms with Crippen LogP contribution in [0.4, 0.5) is 0 Å². The molecule has 0 atom stereocenters. The molecule has 0 aliphatic carbocycles. The van der Waals surface area contributed by atoms with E-state index in [1.807, 2.05) is 0 Å². The molecule has 0 aromatic carbocycles.